The fourth-order valence-electron chi connectivity index (χ4n) is 4.76. The van der Waals surface area contributed by atoms with Crippen LogP contribution in [0.25, 0.3) is 0 Å². The second-order valence-corrected chi connectivity index (χ2v) is 8.34. The van der Waals surface area contributed by atoms with Crippen LogP contribution in [0.15, 0.2) is 66.7 Å². The van der Waals surface area contributed by atoms with Gasteiger partial charge in [-0.1, -0.05) is 24.3 Å². The number of benzene rings is 3. The summed E-state index contributed by atoms with van der Waals surface area (Å²) in [4.78, 5) is 4.91. The molecule has 31 heavy (non-hydrogen) atoms. The molecule has 1 N–H and O–H groups in total. The van der Waals surface area contributed by atoms with Gasteiger partial charge in [0.15, 0.2) is 0 Å². The van der Waals surface area contributed by atoms with Crippen LogP contribution in [0.2, 0.25) is 0 Å². The first-order chi connectivity index (χ1) is 15.2. The third kappa shape index (κ3) is 4.10. The van der Waals surface area contributed by atoms with E-state index in [0.29, 0.717) is 12.6 Å². The Morgan fingerprint density at radius 2 is 1.94 bits per heavy atom. The highest BCUT2D eigenvalue weighted by Crippen LogP contribution is 2.42. The number of nitrogens with zero attached hydrogens (tertiary/aromatic N) is 2. The predicted octanol–water partition coefficient (Wildman–Crippen LogP) is 5.21. The van der Waals surface area contributed by atoms with E-state index in [-0.39, 0.29) is 5.82 Å². The summed E-state index contributed by atoms with van der Waals surface area (Å²) in [5, 5.41) is 3.22. The van der Waals surface area contributed by atoms with Gasteiger partial charge in [0.05, 0.1) is 5.69 Å². The molecule has 0 bridgehead atoms. The number of anilines is 3. The maximum atomic E-state index is 14.0. The highest BCUT2D eigenvalue weighted by Gasteiger charge is 2.32. The van der Waals surface area contributed by atoms with E-state index < -0.39 is 0 Å². The standard InChI is InChI=1S/C26H28FN3O/c1-28-22-6-4-5-19(15-22)11-13-29-14-12-23(17-29)30-24-10-9-21(27)16-20(24)18-31-26-8-3-2-7-25(26)30/h2-10,15-16,23,28H,11-14,17-18H2,1H3. The smallest absolute Gasteiger partial charge is 0.143 e. The van der Waals surface area contributed by atoms with Crippen LogP contribution in [0.4, 0.5) is 21.5 Å². The Morgan fingerprint density at radius 3 is 2.84 bits per heavy atom. The summed E-state index contributed by atoms with van der Waals surface area (Å²) in [6.45, 7) is 3.47. The summed E-state index contributed by atoms with van der Waals surface area (Å²) in [5.74, 6) is 0.645. The van der Waals surface area contributed by atoms with Crippen molar-refractivity contribution in [2.75, 3.05) is 36.9 Å². The van der Waals surface area contributed by atoms with Gasteiger partial charge in [0, 0.05) is 49.7 Å². The molecule has 0 spiro atoms. The molecule has 0 radical (unpaired) electrons. The summed E-state index contributed by atoms with van der Waals surface area (Å²) in [6.07, 6.45) is 2.10. The number of halogens is 1. The lowest BCUT2D eigenvalue weighted by atomic mass is 10.1. The normalized spacial score (nSPS) is 18.1. The van der Waals surface area contributed by atoms with E-state index >= 15 is 0 Å². The van der Waals surface area contributed by atoms with Crippen molar-refractivity contribution in [1.29, 1.82) is 0 Å². The zero-order valence-electron chi connectivity index (χ0n) is 17.9. The molecule has 0 amide bonds. The first-order valence-corrected chi connectivity index (χ1v) is 11.0. The molecule has 4 nitrogen and oxygen atoms in total. The fourth-order valence-corrected chi connectivity index (χ4v) is 4.76. The number of fused-ring (bicyclic) bond motifs is 2. The minimum Gasteiger partial charge on any atom is -0.487 e. The van der Waals surface area contributed by atoms with Crippen LogP contribution in [0.1, 0.15) is 17.5 Å². The lowest BCUT2D eigenvalue weighted by Gasteiger charge is -2.32. The molecule has 160 valence electrons. The lowest BCUT2D eigenvalue weighted by Crippen LogP contribution is -2.35. The van der Waals surface area contributed by atoms with Crippen molar-refractivity contribution in [2.45, 2.75) is 25.5 Å². The zero-order chi connectivity index (χ0) is 21.2. The molecule has 1 unspecified atom stereocenters. The van der Waals surface area contributed by atoms with Crippen molar-refractivity contribution in [3.05, 3.63) is 83.7 Å². The Balaban J connectivity index is 1.36. The number of hydrogen-bond acceptors (Lipinski definition) is 4. The van der Waals surface area contributed by atoms with Crippen LogP contribution >= 0.6 is 0 Å². The Hall–Kier alpha value is -3.05. The average molecular weight is 418 g/mol. The molecule has 1 fully saturated rings. The Labute approximate surface area is 183 Å². The maximum absolute atomic E-state index is 14.0. The van der Waals surface area contributed by atoms with Gasteiger partial charge in [-0.05, 0) is 60.9 Å². The summed E-state index contributed by atoms with van der Waals surface area (Å²) >= 11 is 0. The van der Waals surface area contributed by atoms with Crippen LogP contribution < -0.4 is 15.0 Å². The molecule has 0 saturated carbocycles. The highest BCUT2D eigenvalue weighted by atomic mass is 19.1. The molecule has 3 aromatic carbocycles. The van der Waals surface area contributed by atoms with Gasteiger partial charge in [-0.25, -0.2) is 4.39 Å². The van der Waals surface area contributed by atoms with Gasteiger partial charge in [-0.15, -0.1) is 0 Å². The lowest BCUT2D eigenvalue weighted by molar-refractivity contribution is 0.310. The summed E-state index contributed by atoms with van der Waals surface area (Å²) < 4.78 is 20.0. The van der Waals surface area contributed by atoms with Crippen molar-refractivity contribution in [3.63, 3.8) is 0 Å². The van der Waals surface area contributed by atoms with Gasteiger partial charge < -0.3 is 19.9 Å². The van der Waals surface area contributed by atoms with E-state index in [0.717, 1.165) is 60.9 Å². The van der Waals surface area contributed by atoms with Gasteiger partial charge in [0.1, 0.15) is 18.2 Å². The molecule has 2 aliphatic heterocycles. The second-order valence-electron chi connectivity index (χ2n) is 8.34. The predicted molar refractivity (Wildman–Crippen MR) is 124 cm³/mol. The van der Waals surface area contributed by atoms with Gasteiger partial charge >= 0.3 is 0 Å². The first-order valence-electron chi connectivity index (χ1n) is 11.0. The number of likely N-dealkylation sites (tertiary alicyclic amines) is 1. The number of nitrogens with one attached hydrogen (secondary N) is 1. The van der Waals surface area contributed by atoms with Gasteiger partial charge in [0.25, 0.3) is 0 Å². The molecule has 5 heteroatoms. The minimum atomic E-state index is -0.217. The van der Waals surface area contributed by atoms with Crippen LogP contribution in [0.5, 0.6) is 5.75 Å². The maximum Gasteiger partial charge on any atom is 0.143 e. The Kier molecular flexibility index (Phi) is 5.51. The highest BCUT2D eigenvalue weighted by molar-refractivity contribution is 5.73. The SMILES string of the molecule is CNc1cccc(CCN2CCC(N3c4ccc(F)cc4COc4ccccc43)C2)c1. The number of ether oxygens (including phenoxy) is 1. The summed E-state index contributed by atoms with van der Waals surface area (Å²) in [6, 6.07) is 22.2. The van der Waals surface area contributed by atoms with Crippen molar-refractivity contribution in [2.24, 2.45) is 0 Å². The molecule has 2 aliphatic rings. The fraction of sp³-hybridized carbons (Fsp3) is 0.308. The van der Waals surface area contributed by atoms with Gasteiger partial charge in [0.2, 0.25) is 0 Å². The van der Waals surface area contributed by atoms with Gasteiger partial charge in [-0.2, -0.15) is 0 Å². The van der Waals surface area contributed by atoms with Crippen molar-refractivity contribution in [3.8, 4) is 5.75 Å². The topological polar surface area (TPSA) is 27.7 Å². The Bertz CT molecular complexity index is 1070. The summed E-state index contributed by atoms with van der Waals surface area (Å²) in [5.41, 5.74) is 5.53. The second kappa shape index (κ2) is 8.60. The van der Waals surface area contributed by atoms with E-state index in [1.165, 1.54) is 5.56 Å². The van der Waals surface area contributed by atoms with Gasteiger partial charge in [-0.3, -0.25) is 0 Å². The van der Waals surface area contributed by atoms with E-state index in [9.17, 15) is 4.39 Å². The largest absolute Gasteiger partial charge is 0.487 e. The van der Waals surface area contributed by atoms with E-state index in [1.807, 2.05) is 31.3 Å². The minimum absolute atomic E-state index is 0.217. The molecule has 5 rings (SSSR count). The molecule has 0 aliphatic carbocycles. The molecular weight excluding hydrogens is 389 g/mol. The monoisotopic (exact) mass is 417 g/mol. The average Bonchev–Trinajstić information content (AvgIpc) is 3.20. The summed E-state index contributed by atoms with van der Waals surface area (Å²) in [7, 11) is 1.95. The zero-order valence-corrected chi connectivity index (χ0v) is 17.9. The van der Waals surface area contributed by atoms with E-state index in [2.05, 4.69) is 45.4 Å². The van der Waals surface area contributed by atoms with Crippen molar-refractivity contribution >= 4 is 17.1 Å². The molecule has 2 heterocycles. The molecule has 1 atom stereocenters. The molecule has 0 aromatic heterocycles. The quantitative estimate of drug-likeness (QED) is 0.616. The number of rotatable bonds is 5. The Morgan fingerprint density at radius 1 is 1.03 bits per heavy atom. The van der Waals surface area contributed by atoms with Crippen LogP contribution in [-0.2, 0) is 13.0 Å². The first kappa shape index (κ1) is 19.9. The van der Waals surface area contributed by atoms with Crippen LogP contribution in [0.3, 0.4) is 0 Å². The molecule has 3 aromatic rings. The third-order valence-electron chi connectivity index (χ3n) is 6.35. The van der Waals surface area contributed by atoms with Crippen molar-refractivity contribution in [1.82, 2.24) is 4.90 Å². The van der Waals surface area contributed by atoms with Crippen LogP contribution in [0, 0.1) is 5.82 Å². The van der Waals surface area contributed by atoms with E-state index in [4.69, 9.17) is 4.74 Å². The van der Waals surface area contributed by atoms with Crippen LogP contribution in [-0.4, -0.2) is 37.6 Å². The number of hydrogen-bond donors (Lipinski definition) is 1. The number of para-hydroxylation sites is 2. The molecular formula is C26H28FN3O. The molecule has 1 saturated heterocycles. The third-order valence-corrected chi connectivity index (χ3v) is 6.35. The van der Waals surface area contributed by atoms with E-state index in [1.54, 1.807) is 12.1 Å². The van der Waals surface area contributed by atoms with Crippen molar-refractivity contribution < 1.29 is 9.13 Å².